The number of hydrogen-bond acceptors (Lipinski definition) is 8. The van der Waals surface area contributed by atoms with Crippen molar-refractivity contribution in [1.82, 2.24) is 10.6 Å². The number of nitrogens with zero attached hydrogens (tertiary/aromatic N) is 2. The third-order valence-corrected chi connectivity index (χ3v) is 7.83. The van der Waals surface area contributed by atoms with Crippen LogP contribution in [0.3, 0.4) is 0 Å². The van der Waals surface area contributed by atoms with Crippen LogP contribution in [0.4, 0.5) is 0 Å². The second kappa shape index (κ2) is 25.4. The number of carbonyl (C=O) groups excluding carboxylic acids is 3. The number of hydrogen-bond donors (Lipinski definition) is 9. The van der Waals surface area contributed by atoms with Crippen molar-refractivity contribution in [3.63, 3.8) is 0 Å². The van der Waals surface area contributed by atoms with E-state index in [1.54, 1.807) is 0 Å². The minimum atomic E-state index is -0.932. The van der Waals surface area contributed by atoms with Crippen molar-refractivity contribution in [2.24, 2.45) is 50.1 Å². The van der Waals surface area contributed by atoms with Crippen LogP contribution in [0.25, 0.3) is 0 Å². The van der Waals surface area contributed by atoms with Gasteiger partial charge in [0.1, 0.15) is 6.04 Å². The molecule has 0 bridgehead atoms. The van der Waals surface area contributed by atoms with E-state index in [4.69, 9.17) is 40.1 Å². The lowest BCUT2D eigenvalue weighted by Gasteiger charge is -2.24. The van der Waals surface area contributed by atoms with Crippen LogP contribution in [0.2, 0.25) is 0 Å². The Bertz CT molecular complexity index is 1070. The molecule has 14 nitrogen and oxygen atoms in total. The van der Waals surface area contributed by atoms with Crippen LogP contribution in [0.15, 0.2) is 40.3 Å². The van der Waals surface area contributed by atoms with Crippen molar-refractivity contribution >= 4 is 29.5 Å². The first-order chi connectivity index (χ1) is 22.5. The van der Waals surface area contributed by atoms with E-state index >= 15 is 0 Å². The Kier molecular flexibility index (Phi) is 22.3. The fourth-order valence-corrected chi connectivity index (χ4v) is 5.16. The van der Waals surface area contributed by atoms with Gasteiger partial charge >= 0.3 is 0 Å². The van der Waals surface area contributed by atoms with E-state index in [9.17, 15) is 14.4 Å². The largest absolute Gasteiger partial charge is 0.370 e. The summed E-state index contributed by atoms with van der Waals surface area (Å²) in [7, 11) is 0. The van der Waals surface area contributed by atoms with Crippen LogP contribution < -0.4 is 50.8 Å². The van der Waals surface area contributed by atoms with E-state index in [1.165, 1.54) is 19.3 Å². The fourth-order valence-electron chi connectivity index (χ4n) is 5.16. The van der Waals surface area contributed by atoms with Gasteiger partial charge in [-0.3, -0.25) is 24.4 Å². The summed E-state index contributed by atoms with van der Waals surface area (Å²) in [5.74, 6) is -1.08. The van der Waals surface area contributed by atoms with Crippen LogP contribution in [-0.4, -0.2) is 66.9 Å². The van der Waals surface area contributed by atoms with E-state index in [0.717, 1.165) is 50.5 Å². The molecule has 1 rings (SSSR count). The van der Waals surface area contributed by atoms with Crippen LogP contribution >= 0.6 is 0 Å². The molecule has 14 heteroatoms. The topological polar surface area (TPSA) is 282 Å². The third kappa shape index (κ3) is 21.6. The summed E-state index contributed by atoms with van der Waals surface area (Å²) in [6.45, 7) is 0.614. The molecule has 16 N–H and O–H groups in total. The van der Waals surface area contributed by atoms with E-state index < -0.39 is 29.9 Å². The maximum absolute atomic E-state index is 13.6. The second-order valence-corrected chi connectivity index (χ2v) is 12.2. The Balaban J connectivity index is 2.77. The average molecular weight is 660 g/mol. The summed E-state index contributed by atoms with van der Waals surface area (Å²) >= 11 is 0. The Morgan fingerprint density at radius 1 is 0.596 bits per heavy atom. The molecule has 0 heterocycles. The molecule has 0 aliphatic rings. The van der Waals surface area contributed by atoms with Crippen molar-refractivity contribution in [3.05, 3.63) is 35.9 Å². The second-order valence-electron chi connectivity index (χ2n) is 12.2. The Labute approximate surface area is 280 Å². The van der Waals surface area contributed by atoms with Gasteiger partial charge in [-0.25, -0.2) is 0 Å². The lowest BCUT2D eigenvalue weighted by Crippen LogP contribution is -2.54. The average Bonchev–Trinajstić information content (AvgIpc) is 3.02. The smallest absolute Gasteiger partial charge is 0.243 e. The standard InChI is InChI=1S/C33H61N11O3/c34-25(17-13-21-41-32(37)38)30(46)43-26(18-14-22-42-33(39)40)31(47)44-27(23-24-15-9-8-10-16-24)28(45)19-11-6-4-2-1-3-5-7-12-20-29(35)36/h8-10,15-16,25-27,29H,1-7,11-14,17-23,34-36H2,(H,43,46)(H,44,47)(H4,37,38,41)(H4,39,40,42)/t25-,26-,27-/m0/s1. The molecule has 0 radical (unpaired) electrons. The Hall–Kier alpha value is -3.75. The summed E-state index contributed by atoms with van der Waals surface area (Å²) < 4.78 is 0. The molecule has 0 spiro atoms. The SMILES string of the molecule is NC(N)=NCCC[C@H](NC(=O)[C@@H](N)CCCN=C(N)N)C(=O)N[C@@H](Cc1ccccc1)C(=O)CCCCCCCCCCCC(N)N. The minimum absolute atomic E-state index is 0.0352. The molecule has 2 amide bonds. The van der Waals surface area contributed by atoms with Crippen molar-refractivity contribution in [2.75, 3.05) is 13.1 Å². The molecule has 0 saturated carbocycles. The van der Waals surface area contributed by atoms with Gasteiger partial charge in [0.15, 0.2) is 17.7 Å². The normalized spacial score (nSPS) is 12.9. The van der Waals surface area contributed by atoms with E-state index in [0.29, 0.717) is 38.6 Å². The number of nitrogens with two attached hydrogens (primary N) is 7. The van der Waals surface area contributed by atoms with Crippen molar-refractivity contribution in [3.8, 4) is 0 Å². The molecule has 47 heavy (non-hydrogen) atoms. The summed E-state index contributed by atoms with van der Waals surface area (Å²) in [4.78, 5) is 47.8. The lowest BCUT2D eigenvalue weighted by molar-refractivity contribution is -0.132. The zero-order chi connectivity index (χ0) is 34.9. The monoisotopic (exact) mass is 659 g/mol. The highest BCUT2D eigenvalue weighted by Crippen LogP contribution is 2.14. The summed E-state index contributed by atoms with van der Waals surface area (Å²) in [6, 6.07) is 7.00. The van der Waals surface area contributed by atoms with Gasteiger partial charge in [-0.15, -0.1) is 0 Å². The maximum atomic E-state index is 13.6. The van der Waals surface area contributed by atoms with Gasteiger partial charge in [0.05, 0.1) is 18.2 Å². The first-order valence-corrected chi connectivity index (χ1v) is 17.0. The highest BCUT2D eigenvalue weighted by Gasteiger charge is 2.28. The van der Waals surface area contributed by atoms with E-state index in [2.05, 4.69) is 20.6 Å². The number of ketones is 1. The number of amides is 2. The van der Waals surface area contributed by atoms with Crippen LogP contribution in [-0.2, 0) is 20.8 Å². The first-order valence-electron chi connectivity index (χ1n) is 17.0. The summed E-state index contributed by atoms with van der Waals surface area (Å²) in [5.41, 5.74) is 39.8. The number of carbonyl (C=O) groups is 3. The predicted octanol–water partition coefficient (Wildman–Crippen LogP) is 0.737. The molecule has 0 aliphatic heterocycles. The van der Waals surface area contributed by atoms with Crippen LogP contribution in [0.5, 0.6) is 0 Å². The van der Waals surface area contributed by atoms with Gasteiger partial charge in [0.2, 0.25) is 11.8 Å². The van der Waals surface area contributed by atoms with Gasteiger partial charge in [0, 0.05) is 19.5 Å². The quantitative estimate of drug-likeness (QED) is 0.0276. The zero-order valence-corrected chi connectivity index (χ0v) is 28.1. The number of benzene rings is 1. The molecule has 3 atom stereocenters. The molecule has 0 saturated heterocycles. The van der Waals surface area contributed by atoms with Gasteiger partial charge < -0.3 is 50.8 Å². The summed E-state index contributed by atoms with van der Waals surface area (Å²) in [5, 5.41) is 5.69. The highest BCUT2D eigenvalue weighted by atomic mass is 16.2. The molecule has 1 aromatic carbocycles. The van der Waals surface area contributed by atoms with Crippen molar-refractivity contribution < 1.29 is 14.4 Å². The third-order valence-electron chi connectivity index (χ3n) is 7.83. The summed E-state index contributed by atoms with van der Waals surface area (Å²) in [6.07, 6.45) is 12.5. The van der Waals surface area contributed by atoms with Crippen LogP contribution in [0.1, 0.15) is 102 Å². The molecule has 0 aromatic heterocycles. The number of unbranched alkanes of at least 4 members (excludes halogenated alkanes) is 8. The van der Waals surface area contributed by atoms with Crippen LogP contribution in [0, 0.1) is 0 Å². The zero-order valence-electron chi connectivity index (χ0n) is 28.1. The first kappa shape index (κ1) is 41.3. The van der Waals surface area contributed by atoms with E-state index in [-0.39, 0.29) is 36.8 Å². The molecule has 266 valence electrons. The lowest BCUT2D eigenvalue weighted by atomic mass is 9.97. The molecular formula is C33H61N11O3. The molecule has 0 unspecified atom stereocenters. The molecule has 1 aromatic rings. The minimum Gasteiger partial charge on any atom is -0.370 e. The number of guanidine groups is 2. The maximum Gasteiger partial charge on any atom is 0.243 e. The predicted molar refractivity (Wildman–Crippen MR) is 190 cm³/mol. The fraction of sp³-hybridized carbons (Fsp3) is 0.667. The van der Waals surface area contributed by atoms with Crippen molar-refractivity contribution in [2.45, 2.75) is 127 Å². The number of rotatable bonds is 27. The van der Waals surface area contributed by atoms with E-state index in [1.807, 2.05) is 30.3 Å². The van der Waals surface area contributed by atoms with Gasteiger partial charge in [0.25, 0.3) is 0 Å². The molecular weight excluding hydrogens is 598 g/mol. The molecule has 0 fully saturated rings. The number of Topliss-reactive ketones (excluding diaryl/α,β-unsaturated/α-hetero) is 1. The Morgan fingerprint density at radius 2 is 1.11 bits per heavy atom. The van der Waals surface area contributed by atoms with Crippen molar-refractivity contribution in [1.29, 1.82) is 0 Å². The van der Waals surface area contributed by atoms with Gasteiger partial charge in [-0.1, -0.05) is 81.7 Å². The number of nitrogens with one attached hydrogen (secondary N) is 2. The highest BCUT2D eigenvalue weighted by molar-refractivity contribution is 5.93. The van der Waals surface area contributed by atoms with Gasteiger partial charge in [-0.2, -0.15) is 0 Å². The van der Waals surface area contributed by atoms with Gasteiger partial charge in [-0.05, 0) is 50.5 Å². The number of aliphatic imine (C=N–C) groups is 2. The Morgan fingerprint density at radius 3 is 1.66 bits per heavy atom. The molecule has 0 aliphatic carbocycles.